The highest BCUT2D eigenvalue weighted by atomic mass is 79.9. The van der Waals surface area contributed by atoms with E-state index in [4.69, 9.17) is 4.42 Å². The third-order valence-corrected chi connectivity index (χ3v) is 3.99. The van der Waals surface area contributed by atoms with Crippen LogP contribution >= 0.6 is 27.3 Å². The van der Waals surface area contributed by atoms with E-state index in [1.807, 2.05) is 29.8 Å². The van der Waals surface area contributed by atoms with E-state index in [1.54, 1.807) is 11.3 Å². The van der Waals surface area contributed by atoms with Crippen LogP contribution in [0.4, 0.5) is 0 Å². The summed E-state index contributed by atoms with van der Waals surface area (Å²) in [5.41, 5.74) is 0.858. The number of furan rings is 1. The molecule has 1 atom stereocenters. The predicted octanol–water partition coefficient (Wildman–Crippen LogP) is 3.75. The van der Waals surface area contributed by atoms with Crippen molar-refractivity contribution in [1.82, 2.24) is 0 Å². The van der Waals surface area contributed by atoms with Gasteiger partial charge >= 0.3 is 0 Å². The molecular weight excluding hydrogens is 276 g/mol. The van der Waals surface area contributed by atoms with Crippen LogP contribution in [0.15, 0.2) is 31.8 Å². The lowest BCUT2D eigenvalue weighted by Crippen LogP contribution is -1.96. The molecular formula is C11H11BrO2S. The maximum absolute atomic E-state index is 10.1. The van der Waals surface area contributed by atoms with Gasteiger partial charge in [-0.1, -0.05) is 6.92 Å². The molecule has 0 aliphatic carbocycles. The van der Waals surface area contributed by atoms with Gasteiger partial charge < -0.3 is 9.52 Å². The molecule has 0 amide bonds. The van der Waals surface area contributed by atoms with E-state index in [0.29, 0.717) is 5.76 Å². The lowest BCUT2D eigenvalue weighted by atomic mass is 10.1. The fourth-order valence-corrected chi connectivity index (χ4v) is 2.90. The van der Waals surface area contributed by atoms with Crippen molar-refractivity contribution in [3.63, 3.8) is 0 Å². The van der Waals surface area contributed by atoms with Crippen molar-refractivity contribution in [2.24, 2.45) is 0 Å². The van der Waals surface area contributed by atoms with Crippen molar-refractivity contribution >= 4 is 27.3 Å². The maximum atomic E-state index is 10.1. The molecule has 0 aliphatic heterocycles. The van der Waals surface area contributed by atoms with Gasteiger partial charge in [0.2, 0.25) is 0 Å². The van der Waals surface area contributed by atoms with E-state index in [9.17, 15) is 5.11 Å². The van der Waals surface area contributed by atoms with Crippen LogP contribution in [0.5, 0.6) is 0 Å². The van der Waals surface area contributed by atoms with E-state index in [-0.39, 0.29) is 0 Å². The Morgan fingerprint density at radius 1 is 1.47 bits per heavy atom. The van der Waals surface area contributed by atoms with Crippen LogP contribution in [0, 0.1) is 0 Å². The number of thiophene rings is 1. The summed E-state index contributed by atoms with van der Waals surface area (Å²) < 4.78 is 6.43. The Morgan fingerprint density at radius 3 is 2.80 bits per heavy atom. The minimum Gasteiger partial charge on any atom is -0.463 e. The molecule has 0 spiro atoms. The summed E-state index contributed by atoms with van der Waals surface area (Å²) in [6.45, 7) is 2.02. The van der Waals surface area contributed by atoms with Crippen molar-refractivity contribution in [1.29, 1.82) is 0 Å². The molecule has 0 aromatic carbocycles. The van der Waals surface area contributed by atoms with Crippen molar-refractivity contribution in [2.45, 2.75) is 19.4 Å². The molecule has 1 N–H and O–H groups in total. The van der Waals surface area contributed by atoms with E-state index in [2.05, 4.69) is 15.9 Å². The van der Waals surface area contributed by atoms with Crippen molar-refractivity contribution in [3.8, 4) is 0 Å². The Balaban J connectivity index is 2.28. The lowest BCUT2D eigenvalue weighted by Gasteiger charge is -2.06. The van der Waals surface area contributed by atoms with Crippen LogP contribution < -0.4 is 0 Å². The SMILES string of the molecule is CCc1ccc(C(O)c2cscc2Br)o1. The molecule has 15 heavy (non-hydrogen) atoms. The van der Waals surface area contributed by atoms with Gasteiger partial charge in [-0.05, 0) is 33.4 Å². The van der Waals surface area contributed by atoms with Gasteiger partial charge in [0.15, 0.2) is 0 Å². The van der Waals surface area contributed by atoms with Gasteiger partial charge in [-0.2, -0.15) is 11.3 Å². The van der Waals surface area contributed by atoms with Crippen LogP contribution in [0.1, 0.15) is 30.1 Å². The molecule has 1 unspecified atom stereocenters. The average Bonchev–Trinajstić information content (AvgIpc) is 2.84. The second kappa shape index (κ2) is 4.51. The van der Waals surface area contributed by atoms with Gasteiger partial charge in [-0.25, -0.2) is 0 Å². The molecule has 0 radical (unpaired) electrons. The first-order chi connectivity index (χ1) is 7.22. The summed E-state index contributed by atoms with van der Waals surface area (Å²) in [5.74, 6) is 1.50. The topological polar surface area (TPSA) is 33.4 Å². The molecule has 2 nitrogen and oxygen atoms in total. The Labute approximate surface area is 101 Å². The highest BCUT2D eigenvalue weighted by molar-refractivity contribution is 9.10. The standard InChI is InChI=1S/C11H11BrO2S/c1-2-7-3-4-10(14-7)11(13)8-5-15-6-9(8)12/h3-6,11,13H,2H2,1H3. The molecule has 4 heteroatoms. The Morgan fingerprint density at radius 2 is 2.27 bits per heavy atom. The number of rotatable bonds is 3. The molecule has 0 bridgehead atoms. The van der Waals surface area contributed by atoms with Crippen LogP contribution in [0.3, 0.4) is 0 Å². The Kier molecular flexibility index (Phi) is 3.29. The minimum absolute atomic E-state index is 0.603. The zero-order chi connectivity index (χ0) is 10.8. The van der Waals surface area contributed by atoms with E-state index >= 15 is 0 Å². The first-order valence-electron chi connectivity index (χ1n) is 4.70. The molecule has 0 saturated carbocycles. The van der Waals surface area contributed by atoms with Gasteiger partial charge in [-0.3, -0.25) is 0 Å². The van der Waals surface area contributed by atoms with Gasteiger partial charge in [0.25, 0.3) is 0 Å². The fourth-order valence-electron chi connectivity index (χ4n) is 1.37. The predicted molar refractivity (Wildman–Crippen MR) is 64.2 cm³/mol. The van der Waals surface area contributed by atoms with Gasteiger partial charge in [-0.15, -0.1) is 0 Å². The summed E-state index contributed by atoms with van der Waals surface area (Å²) >= 11 is 4.95. The number of halogens is 1. The number of aryl methyl sites for hydroxylation is 1. The average molecular weight is 287 g/mol. The Hall–Kier alpha value is -0.580. The first kappa shape index (κ1) is 10.9. The third-order valence-electron chi connectivity index (χ3n) is 2.24. The molecule has 80 valence electrons. The molecule has 0 fully saturated rings. The van der Waals surface area contributed by atoms with Gasteiger partial charge in [0, 0.05) is 21.8 Å². The highest BCUT2D eigenvalue weighted by Gasteiger charge is 2.17. The summed E-state index contributed by atoms with van der Waals surface area (Å²) in [6.07, 6.45) is 0.170. The summed E-state index contributed by atoms with van der Waals surface area (Å²) in [6, 6.07) is 3.73. The summed E-state index contributed by atoms with van der Waals surface area (Å²) in [7, 11) is 0. The molecule has 2 rings (SSSR count). The monoisotopic (exact) mass is 286 g/mol. The maximum Gasteiger partial charge on any atom is 0.139 e. The molecule has 0 saturated heterocycles. The van der Waals surface area contributed by atoms with Crippen molar-refractivity contribution in [2.75, 3.05) is 0 Å². The van der Waals surface area contributed by atoms with Crippen LogP contribution in [-0.2, 0) is 6.42 Å². The quantitative estimate of drug-likeness (QED) is 0.932. The zero-order valence-electron chi connectivity index (χ0n) is 8.24. The number of hydrogen-bond acceptors (Lipinski definition) is 3. The second-order valence-corrected chi connectivity index (χ2v) is 4.83. The van der Waals surface area contributed by atoms with Gasteiger partial charge in [0.1, 0.15) is 17.6 Å². The summed E-state index contributed by atoms with van der Waals surface area (Å²) in [4.78, 5) is 0. The molecule has 2 aromatic heterocycles. The molecule has 2 heterocycles. The summed E-state index contributed by atoms with van der Waals surface area (Å²) in [5, 5.41) is 13.9. The minimum atomic E-state index is -0.675. The lowest BCUT2D eigenvalue weighted by molar-refractivity contribution is 0.187. The smallest absolute Gasteiger partial charge is 0.139 e. The normalized spacial score (nSPS) is 13.0. The highest BCUT2D eigenvalue weighted by Crippen LogP contribution is 2.32. The van der Waals surface area contributed by atoms with Crippen LogP contribution in [-0.4, -0.2) is 5.11 Å². The van der Waals surface area contributed by atoms with E-state index < -0.39 is 6.10 Å². The number of aliphatic hydroxyl groups excluding tert-OH is 1. The largest absolute Gasteiger partial charge is 0.463 e. The molecule has 0 aliphatic rings. The third kappa shape index (κ3) is 2.17. The van der Waals surface area contributed by atoms with E-state index in [1.165, 1.54) is 0 Å². The van der Waals surface area contributed by atoms with Crippen molar-refractivity contribution < 1.29 is 9.52 Å². The van der Waals surface area contributed by atoms with Gasteiger partial charge in [0.05, 0.1) is 0 Å². The van der Waals surface area contributed by atoms with Crippen molar-refractivity contribution in [3.05, 3.63) is 44.4 Å². The van der Waals surface area contributed by atoms with Crippen LogP contribution in [0.2, 0.25) is 0 Å². The zero-order valence-corrected chi connectivity index (χ0v) is 10.6. The first-order valence-corrected chi connectivity index (χ1v) is 6.44. The number of hydrogen-bond donors (Lipinski definition) is 1. The Bertz CT molecular complexity index is 447. The van der Waals surface area contributed by atoms with E-state index in [0.717, 1.165) is 22.2 Å². The second-order valence-electron chi connectivity index (χ2n) is 3.24. The number of aliphatic hydroxyl groups is 1. The molecule has 2 aromatic rings. The fraction of sp³-hybridized carbons (Fsp3) is 0.273. The van der Waals surface area contributed by atoms with Crippen LogP contribution in [0.25, 0.3) is 0 Å².